The first-order valence-electron chi connectivity index (χ1n) is 6.31. The molecule has 0 radical (unpaired) electrons. The number of hydrogen-bond donors (Lipinski definition) is 1. The van der Waals surface area contributed by atoms with E-state index in [0.29, 0.717) is 6.54 Å². The molecule has 1 aromatic carbocycles. The van der Waals surface area contributed by atoms with Gasteiger partial charge < -0.3 is 5.73 Å². The van der Waals surface area contributed by atoms with Gasteiger partial charge in [-0.15, -0.1) is 0 Å². The smallest absolute Gasteiger partial charge is 0.291 e. The molecule has 0 heterocycles. The predicted octanol–water partition coefficient (Wildman–Crippen LogP) is 1.99. The van der Waals surface area contributed by atoms with Crippen molar-refractivity contribution in [3.05, 3.63) is 28.3 Å². The molecule has 1 aromatic rings. The van der Waals surface area contributed by atoms with Crippen LogP contribution in [0.15, 0.2) is 23.1 Å². The maximum atomic E-state index is 12.3. The monoisotopic (exact) mass is 301 g/mol. The number of unbranched alkanes of at least 4 members (excludes halogenated alkanes) is 2. The maximum Gasteiger partial charge on any atom is 0.291 e. The summed E-state index contributed by atoms with van der Waals surface area (Å²) in [6.07, 6.45) is 2.59. The number of nitrogens with two attached hydrogens (primary N) is 1. The number of benzene rings is 1. The van der Waals surface area contributed by atoms with Crippen LogP contribution in [0.3, 0.4) is 0 Å². The molecule has 0 fully saturated rings. The van der Waals surface area contributed by atoms with E-state index >= 15 is 0 Å². The Kier molecular flexibility index (Phi) is 5.46. The Hall–Kier alpha value is -1.67. The van der Waals surface area contributed by atoms with Crippen LogP contribution in [0.4, 0.5) is 11.4 Å². The summed E-state index contributed by atoms with van der Waals surface area (Å²) in [5.41, 5.74) is 5.13. The van der Waals surface area contributed by atoms with Gasteiger partial charge >= 0.3 is 0 Å². The second-order valence-electron chi connectivity index (χ2n) is 4.52. The van der Waals surface area contributed by atoms with E-state index in [4.69, 9.17) is 5.73 Å². The molecule has 0 saturated heterocycles. The van der Waals surface area contributed by atoms with Crippen LogP contribution in [-0.4, -0.2) is 31.2 Å². The standard InChI is InChI=1S/C12H19N3O4S/c1-3-4-5-8-14(2)20(18,19)12-7-6-10(13)9-11(12)15(16)17/h6-7,9H,3-5,8,13H2,1-2H3. The Morgan fingerprint density at radius 3 is 2.55 bits per heavy atom. The zero-order chi connectivity index (χ0) is 15.3. The molecule has 0 aliphatic carbocycles. The number of rotatable bonds is 7. The van der Waals surface area contributed by atoms with E-state index in [9.17, 15) is 18.5 Å². The van der Waals surface area contributed by atoms with Crippen LogP contribution in [0.25, 0.3) is 0 Å². The van der Waals surface area contributed by atoms with E-state index in [2.05, 4.69) is 0 Å². The number of nitro groups is 1. The molecule has 0 bridgehead atoms. The topological polar surface area (TPSA) is 107 Å². The predicted molar refractivity (Wildman–Crippen MR) is 76.8 cm³/mol. The van der Waals surface area contributed by atoms with Gasteiger partial charge in [-0.05, 0) is 18.6 Å². The fourth-order valence-corrected chi connectivity index (χ4v) is 3.11. The average molecular weight is 301 g/mol. The number of nitrogen functional groups attached to an aromatic ring is 1. The lowest BCUT2D eigenvalue weighted by molar-refractivity contribution is -0.387. The van der Waals surface area contributed by atoms with Crippen molar-refractivity contribution in [3.63, 3.8) is 0 Å². The van der Waals surface area contributed by atoms with Gasteiger partial charge in [0.1, 0.15) is 0 Å². The van der Waals surface area contributed by atoms with Crippen molar-refractivity contribution in [1.29, 1.82) is 0 Å². The SMILES string of the molecule is CCCCCN(C)S(=O)(=O)c1ccc(N)cc1[N+](=O)[O-]. The number of anilines is 1. The first kappa shape index (κ1) is 16.4. The summed E-state index contributed by atoms with van der Waals surface area (Å²) in [5.74, 6) is 0. The molecule has 0 atom stereocenters. The molecule has 20 heavy (non-hydrogen) atoms. The molecule has 8 heteroatoms. The van der Waals surface area contributed by atoms with Crippen molar-refractivity contribution in [2.45, 2.75) is 31.1 Å². The lowest BCUT2D eigenvalue weighted by atomic mass is 10.2. The summed E-state index contributed by atoms with van der Waals surface area (Å²) < 4.78 is 25.8. The number of hydrogen-bond acceptors (Lipinski definition) is 5. The van der Waals surface area contributed by atoms with Gasteiger partial charge in [-0.3, -0.25) is 10.1 Å². The van der Waals surface area contributed by atoms with Crippen molar-refractivity contribution in [1.82, 2.24) is 4.31 Å². The first-order valence-corrected chi connectivity index (χ1v) is 7.75. The third-order valence-corrected chi connectivity index (χ3v) is 4.85. The molecule has 0 spiro atoms. The highest BCUT2D eigenvalue weighted by atomic mass is 32.2. The summed E-state index contributed by atoms with van der Waals surface area (Å²) in [7, 11) is -2.45. The average Bonchev–Trinajstić information content (AvgIpc) is 2.38. The minimum absolute atomic E-state index is 0.157. The summed E-state index contributed by atoms with van der Waals surface area (Å²) in [6.45, 7) is 2.34. The van der Waals surface area contributed by atoms with Gasteiger partial charge in [0, 0.05) is 25.3 Å². The highest BCUT2D eigenvalue weighted by Gasteiger charge is 2.29. The fraction of sp³-hybridized carbons (Fsp3) is 0.500. The second kappa shape index (κ2) is 6.67. The van der Waals surface area contributed by atoms with E-state index in [-0.39, 0.29) is 10.6 Å². The summed E-state index contributed by atoms with van der Waals surface area (Å²) in [4.78, 5) is 9.91. The molecule has 0 saturated carbocycles. The van der Waals surface area contributed by atoms with E-state index in [1.807, 2.05) is 6.92 Å². The van der Waals surface area contributed by atoms with Crippen molar-refractivity contribution in [2.75, 3.05) is 19.3 Å². The molecule has 1 rings (SSSR count). The first-order chi connectivity index (χ1) is 9.30. The van der Waals surface area contributed by atoms with E-state index in [1.54, 1.807) is 0 Å². The van der Waals surface area contributed by atoms with Crippen LogP contribution >= 0.6 is 0 Å². The second-order valence-corrected chi connectivity index (χ2v) is 6.53. The Bertz CT molecular complexity index is 586. The largest absolute Gasteiger partial charge is 0.399 e. The molecule has 0 aliphatic rings. The van der Waals surface area contributed by atoms with Gasteiger partial charge in [0.05, 0.1) is 4.92 Å². The molecule has 0 aromatic heterocycles. The Balaban J connectivity index is 3.12. The van der Waals surface area contributed by atoms with E-state index < -0.39 is 20.6 Å². The Morgan fingerprint density at radius 2 is 2.00 bits per heavy atom. The minimum atomic E-state index is -3.88. The van der Waals surface area contributed by atoms with E-state index in [0.717, 1.165) is 29.6 Å². The van der Waals surface area contributed by atoms with Gasteiger partial charge in [0.25, 0.3) is 5.69 Å². The van der Waals surface area contributed by atoms with Crippen molar-refractivity contribution < 1.29 is 13.3 Å². The molecule has 7 nitrogen and oxygen atoms in total. The quantitative estimate of drug-likeness (QED) is 0.359. The number of nitro benzene ring substituents is 1. The molecule has 0 unspecified atom stereocenters. The van der Waals surface area contributed by atoms with Crippen molar-refractivity contribution in [3.8, 4) is 0 Å². The number of nitrogens with zero attached hydrogens (tertiary/aromatic N) is 2. The Labute approximate surface area is 118 Å². The van der Waals surface area contributed by atoms with Gasteiger partial charge in [0.2, 0.25) is 10.0 Å². The highest BCUT2D eigenvalue weighted by Crippen LogP contribution is 2.28. The number of sulfonamides is 1. The Morgan fingerprint density at radius 1 is 1.35 bits per heavy atom. The van der Waals surface area contributed by atoms with Gasteiger partial charge in [-0.2, -0.15) is 0 Å². The summed E-state index contributed by atoms with van der Waals surface area (Å²) >= 11 is 0. The lowest BCUT2D eigenvalue weighted by Crippen LogP contribution is -2.28. The lowest BCUT2D eigenvalue weighted by Gasteiger charge is -2.17. The molecular weight excluding hydrogens is 282 g/mol. The minimum Gasteiger partial charge on any atom is -0.399 e. The third kappa shape index (κ3) is 3.67. The normalized spacial score (nSPS) is 11.8. The maximum absolute atomic E-state index is 12.3. The van der Waals surface area contributed by atoms with Crippen molar-refractivity contribution >= 4 is 21.4 Å². The summed E-state index contributed by atoms with van der Waals surface area (Å²) in [5, 5.41) is 11.0. The van der Waals surface area contributed by atoms with Crippen LogP contribution in [0.2, 0.25) is 0 Å². The fourth-order valence-electron chi connectivity index (χ4n) is 1.77. The molecule has 0 aliphatic heterocycles. The van der Waals surface area contributed by atoms with Crippen LogP contribution < -0.4 is 5.73 Å². The van der Waals surface area contributed by atoms with Crippen LogP contribution in [0.1, 0.15) is 26.2 Å². The van der Waals surface area contributed by atoms with Gasteiger partial charge in [-0.25, -0.2) is 12.7 Å². The van der Waals surface area contributed by atoms with Crippen LogP contribution in [-0.2, 0) is 10.0 Å². The highest BCUT2D eigenvalue weighted by molar-refractivity contribution is 7.89. The zero-order valence-corrected chi connectivity index (χ0v) is 12.4. The summed E-state index contributed by atoms with van der Waals surface area (Å²) in [6, 6.07) is 3.59. The van der Waals surface area contributed by atoms with E-state index in [1.165, 1.54) is 19.2 Å². The third-order valence-electron chi connectivity index (χ3n) is 2.94. The van der Waals surface area contributed by atoms with Gasteiger partial charge in [0.15, 0.2) is 4.90 Å². The van der Waals surface area contributed by atoms with Crippen LogP contribution in [0, 0.1) is 10.1 Å². The van der Waals surface area contributed by atoms with Crippen molar-refractivity contribution in [2.24, 2.45) is 0 Å². The zero-order valence-electron chi connectivity index (χ0n) is 11.6. The molecular formula is C12H19N3O4S. The molecule has 112 valence electrons. The van der Waals surface area contributed by atoms with Gasteiger partial charge in [-0.1, -0.05) is 19.8 Å². The van der Waals surface area contributed by atoms with Crippen LogP contribution in [0.5, 0.6) is 0 Å². The molecule has 2 N–H and O–H groups in total. The molecule has 0 amide bonds.